The number of halogens is 1. The van der Waals surface area contributed by atoms with E-state index in [1.807, 2.05) is 13.8 Å². The van der Waals surface area contributed by atoms with E-state index in [2.05, 4.69) is 22.9 Å². The zero-order valence-electron chi connectivity index (χ0n) is 11.6. The van der Waals surface area contributed by atoms with Crippen LogP contribution >= 0.6 is 15.9 Å². The molecule has 0 aliphatic heterocycles. The van der Waals surface area contributed by atoms with Gasteiger partial charge in [0.1, 0.15) is 5.75 Å². The van der Waals surface area contributed by atoms with Gasteiger partial charge in [-0.2, -0.15) is 0 Å². The van der Waals surface area contributed by atoms with E-state index in [0.717, 1.165) is 28.6 Å². The molecule has 1 aliphatic carbocycles. The van der Waals surface area contributed by atoms with Gasteiger partial charge in [0, 0.05) is 5.56 Å². The molecule has 0 atom stereocenters. The Morgan fingerprint density at radius 1 is 1.17 bits per heavy atom. The lowest BCUT2D eigenvalue weighted by molar-refractivity contribution is 0.0746. The first-order valence-electron chi connectivity index (χ1n) is 6.48. The second kappa shape index (κ2) is 4.86. The van der Waals surface area contributed by atoms with E-state index in [-0.39, 0.29) is 0 Å². The predicted molar refractivity (Wildman–Crippen MR) is 77.3 cm³/mol. The molecule has 100 valence electrons. The van der Waals surface area contributed by atoms with Crippen LogP contribution in [-0.4, -0.2) is 12.2 Å². The topological polar surface area (TPSA) is 29.5 Å². The highest BCUT2D eigenvalue weighted by Gasteiger charge is 2.30. The van der Waals surface area contributed by atoms with Crippen molar-refractivity contribution in [2.75, 3.05) is 7.11 Å². The normalized spacial score (nSPS) is 15.4. The molecule has 2 rings (SSSR count). The van der Waals surface area contributed by atoms with E-state index < -0.39 is 5.60 Å². The van der Waals surface area contributed by atoms with Gasteiger partial charge in [0.05, 0.1) is 17.2 Å². The van der Waals surface area contributed by atoms with E-state index in [0.29, 0.717) is 0 Å². The zero-order valence-corrected chi connectivity index (χ0v) is 13.1. The third-order valence-electron chi connectivity index (χ3n) is 3.80. The Morgan fingerprint density at radius 2 is 1.72 bits per heavy atom. The van der Waals surface area contributed by atoms with Crippen molar-refractivity contribution in [1.82, 2.24) is 0 Å². The minimum absolute atomic E-state index is 0.792. The second-order valence-corrected chi connectivity index (χ2v) is 6.36. The maximum Gasteiger partial charge on any atom is 0.139 e. The summed E-state index contributed by atoms with van der Waals surface area (Å²) < 4.78 is 6.57. The Bertz CT molecular complexity index is 473. The van der Waals surface area contributed by atoms with Gasteiger partial charge in [0.25, 0.3) is 0 Å². The summed E-state index contributed by atoms with van der Waals surface area (Å²) in [7, 11) is 1.67. The molecule has 0 radical (unpaired) electrons. The van der Waals surface area contributed by atoms with Crippen molar-refractivity contribution in [2.24, 2.45) is 0 Å². The number of aliphatic hydroxyl groups is 1. The lowest BCUT2D eigenvalue weighted by atomic mass is 9.82. The van der Waals surface area contributed by atoms with Crippen LogP contribution in [0.15, 0.2) is 4.47 Å². The molecule has 1 aromatic carbocycles. The molecule has 0 spiro atoms. The van der Waals surface area contributed by atoms with Crippen LogP contribution in [0, 0.1) is 6.92 Å². The summed E-state index contributed by atoms with van der Waals surface area (Å²) in [6.07, 6.45) is 4.67. The zero-order chi connectivity index (χ0) is 13.5. The average molecular weight is 313 g/mol. The molecule has 2 nitrogen and oxygen atoms in total. The van der Waals surface area contributed by atoms with Crippen LogP contribution in [0.4, 0.5) is 0 Å². The van der Waals surface area contributed by atoms with Crippen molar-refractivity contribution < 1.29 is 9.84 Å². The molecule has 0 saturated heterocycles. The molecule has 0 unspecified atom stereocenters. The molecule has 3 heteroatoms. The molecule has 1 N–H and O–H groups in total. The molecular weight excluding hydrogens is 292 g/mol. The summed E-state index contributed by atoms with van der Waals surface area (Å²) in [6, 6.07) is 0. The van der Waals surface area contributed by atoms with Crippen LogP contribution in [0.25, 0.3) is 0 Å². The number of benzene rings is 1. The van der Waals surface area contributed by atoms with Gasteiger partial charge < -0.3 is 9.84 Å². The van der Waals surface area contributed by atoms with Crippen LogP contribution in [0.1, 0.15) is 48.9 Å². The summed E-state index contributed by atoms with van der Waals surface area (Å²) in [4.78, 5) is 0. The number of fused-ring (bicyclic) bond motifs is 1. The SMILES string of the molecule is COc1c(Br)c2c(c(C)c1C(C)(C)O)CCCC2. The number of methoxy groups -OCH3 is 1. The Morgan fingerprint density at radius 3 is 2.22 bits per heavy atom. The first-order valence-corrected chi connectivity index (χ1v) is 7.28. The second-order valence-electron chi connectivity index (χ2n) is 5.57. The third kappa shape index (κ3) is 2.19. The molecule has 0 saturated carbocycles. The highest BCUT2D eigenvalue weighted by Crippen LogP contribution is 2.44. The lowest BCUT2D eigenvalue weighted by Crippen LogP contribution is -2.21. The largest absolute Gasteiger partial charge is 0.495 e. The maximum absolute atomic E-state index is 10.4. The van der Waals surface area contributed by atoms with Crippen LogP contribution in [0.3, 0.4) is 0 Å². The smallest absolute Gasteiger partial charge is 0.139 e. The predicted octanol–water partition coefficient (Wildman–Crippen LogP) is 3.87. The summed E-state index contributed by atoms with van der Waals surface area (Å²) in [6.45, 7) is 5.74. The number of hydrogen-bond acceptors (Lipinski definition) is 2. The molecule has 1 aliphatic rings. The van der Waals surface area contributed by atoms with Crippen molar-refractivity contribution in [1.29, 1.82) is 0 Å². The van der Waals surface area contributed by atoms with Gasteiger partial charge in [0.15, 0.2) is 0 Å². The van der Waals surface area contributed by atoms with Gasteiger partial charge in [-0.3, -0.25) is 0 Å². The van der Waals surface area contributed by atoms with E-state index >= 15 is 0 Å². The van der Waals surface area contributed by atoms with Gasteiger partial charge in [-0.25, -0.2) is 0 Å². The summed E-state index contributed by atoms with van der Waals surface area (Å²) in [5, 5.41) is 10.4. The van der Waals surface area contributed by atoms with Crippen LogP contribution in [0.5, 0.6) is 5.75 Å². The molecule has 0 aromatic heterocycles. The Hall–Kier alpha value is -0.540. The summed E-state index contributed by atoms with van der Waals surface area (Å²) in [5.74, 6) is 0.792. The van der Waals surface area contributed by atoms with Gasteiger partial charge in [0.2, 0.25) is 0 Å². The van der Waals surface area contributed by atoms with Gasteiger partial charge in [-0.15, -0.1) is 0 Å². The quantitative estimate of drug-likeness (QED) is 0.898. The maximum atomic E-state index is 10.4. The Labute approximate surface area is 117 Å². The molecule has 1 aromatic rings. The first kappa shape index (κ1) is 13.9. The third-order valence-corrected chi connectivity index (χ3v) is 4.64. The van der Waals surface area contributed by atoms with E-state index in [1.165, 1.54) is 29.5 Å². The van der Waals surface area contributed by atoms with Crippen molar-refractivity contribution in [2.45, 2.75) is 52.1 Å². The van der Waals surface area contributed by atoms with Crippen molar-refractivity contribution in [3.63, 3.8) is 0 Å². The molecule has 0 bridgehead atoms. The molecule has 18 heavy (non-hydrogen) atoms. The van der Waals surface area contributed by atoms with Crippen LogP contribution in [0.2, 0.25) is 0 Å². The van der Waals surface area contributed by atoms with Crippen LogP contribution < -0.4 is 4.74 Å². The average Bonchev–Trinajstić information content (AvgIpc) is 2.32. The minimum atomic E-state index is -0.885. The fraction of sp³-hybridized carbons (Fsp3) is 0.600. The van der Waals surface area contributed by atoms with Gasteiger partial charge >= 0.3 is 0 Å². The Kier molecular flexibility index (Phi) is 3.75. The van der Waals surface area contributed by atoms with E-state index in [4.69, 9.17) is 4.74 Å². The minimum Gasteiger partial charge on any atom is -0.495 e. The highest BCUT2D eigenvalue weighted by atomic mass is 79.9. The van der Waals surface area contributed by atoms with Crippen molar-refractivity contribution >= 4 is 15.9 Å². The number of hydrogen-bond donors (Lipinski definition) is 1. The molecular formula is C15H21BrO2. The highest BCUT2D eigenvalue weighted by molar-refractivity contribution is 9.10. The summed E-state index contributed by atoms with van der Waals surface area (Å²) in [5.41, 5.74) is 3.98. The lowest BCUT2D eigenvalue weighted by Gasteiger charge is -2.30. The molecule has 0 amide bonds. The first-order chi connectivity index (χ1) is 8.38. The fourth-order valence-electron chi connectivity index (χ4n) is 3.06. The van der Waals surface area contributed by atoms with E-state index in [1.54, 1.807) is 7.11 Å². The van der Waals surface area contributed by atoms with Crippen molar-refractivity contribution in [3.8, 4) is 5.75 Å². The molecule has 0 fully saturated rings. The van der Waals surface area contributed by atoms with Crippen LogP contribution in [-0.2, 0) is 18.4 Å². The Balaban J connectivity index is 2.77. The molecule has 0 heterocycles. The number of ether oxygens (including phenoxy) is 1. The summed E-state index contributed by atoms with van der Waals surface area (Å²) >= 11 is 3.67. The van der Waals surface area contributed by atoms with Gasteiger partial charge in [-0.05, 0) is 79.1 Å². The monoisotopic (exact) mass is 312 g/mol. The van der Waals surface area contributed by atoms with Gasteiger partial charge in [-0.1, -0.05) is 0 Å². The van der Waals surface area contributed by atoms with E-state index in [9.17, 15) is 5.11 Å². The van der Waals surface area contributed by atoms with Crippen molar-refractivity contribution in [3.05, 3.63) is 26.7 Å². The fourth-order valence-corrected chi connectivity index (χ4v) is 3.86. The standard InChI is InChI=1S/C15H21BrO2/c1-9-10-7-5-6-8-11(10)13(16)14(18-4)12(9)15(2,3)17/h17H,5-8H2,1-4H3. The number of rotatable bonds is 2.